The zero-order chi connectivity index (χ0) is 44.2. The molecule has 11 aromatic rings. The number of nitrogens with zero attached hydrogens (tertiary/aromatic N) is 1. The monoisotopic (exact) mass is 841 g/mol. The molecule has 66 heavy (non-hydrogen) atoms. The molecular formula is C65H47N. The van der Waals surface area contributed by atoms with E-state index in [-0.39, 0.29) is 5.41 Å². The highest BCUT2D eigenvalue weighted by atomic mass is 15.1. The molecule has 0 N–H and O–H groups in total. The number of anilines is 3. The van der Waals surface area contributed by atoms with Crippen LogP contribution in [0.4, 0.5) is 17.1 Å². The van der Waals surface area contributed by atoms with Gasteiger partial charge in [-0.3, -0.25) is 0 Å². The van der Waals surface area contributed by atoms with E-state index in [2.05, 4.69) is 267 Å². The van der Waals surface area contributed by atoms with Crippen molar-refractivity contribution in [1.29, 1.82) is 0 Å². The van der Waals surface area contributed by atoms with Gasteiger partial charge in [0.1, 0.15) is 0 Å². The minimum atomic E-state index is -0.129. The van der Waals surface area contributed by atoms with Crippen LogP contribution in [-0.4, -0.2) is 0 Å². The minimum absolute atomic E-state index is 0.129. The first-order valence-electron chi connectivity index (χ1n) is 23.0. The largest absolute Gasteiger partial charge is 0.310 e. The third-order valence-electron chi connectivity index (χ3n) is 13.9. The minimum Gasteiger partial charge on any atom is -0.310 e. The molecule has 0 fully saturated rings. The van der Waals surface area contributed by atoms with Crippen molar-refractivity contribution in [1.82, 2.24) is 0 Å². The van der Waals surface area contributed by atoms with Gasteiger partial charge in [-0.1, -0.05) is 220 Å². The van der Waals surface area contributed by atoms with E-state index in [0.29, 0.717) is 0 Å². The summed E-state index contributed by atoms with van der Waals surface area (Å²) in [6, 6.07) is 91.6. The molecule has 1 nitrogen and oxygen atoms in total. The lowest BCUT2D eigenvalue weighted by atomic mass is 9.81. The van der Waals surface area contributed by atoms with E-state index in [0.717, 1.165) is 28.2 Å². The fraction of sp³-hybridized carbons (Fsp3) is 0.0462. The summed E-state index contributed by atoms with van der Waals surface area (Å²) in [6.07, 6.45) is 0. The van der Waals surface area contributed by atoms with Crippen LogP contribution in [0.25, 0.3) is 88.3 Å². The first-order valence-corrected chi connectivity index (χ1v) is 23.0. The van der Waals surface area contributed by atoms with Gasteiger partial charge in [-0.15, -0.1) is 0 Å². The fourth-order valence-corrected chi connectivity index (χ4v) is 10.5. The Morgan fingerprint density at radius 2 is 0.773 bits per heavy atom. The Morgan fingerprint density at radius 1 is 0.288 bits per heavy atom. The molecule has 0 bridgehead atoms. The van der Waals surface area contributed by atoms with Gasteiger partial charge in [-0.05, 0) is 136 Å². The average Bonchev–Trinajstić information content (AvgIpc) is 3.62. The molecule has 0 aliphatic heterocycles. The van der Waals surface area contributed by atoms with Crippen LogP contribution < -0.4 is 4.90 Å². The van der Waals surface area contributed by atoms with Crippen LogP contribution in [0.3, 0.4) is 0 Å². The Balaban J connectivity index is 1.09. The molecule has 0 saturated heterocycles. The van der Waals surface area contributed by atoms with Crippen molar-refractivity contribution >= 4 is 38.6 Å². The number of rotatable bonds is 8. The Kier molecular flexibility index (Phi) is 9.58. The van der Waals surface area contributed by atoms with Gasteiger partial charge in [-0.2, -0.15) is 0 Å². The van der Waals surface area contributed by atoms with Gasteiger partial charge in [0.25, 0.3) is 0 Å². The molecule has 0 spiro atoms. The zero-order valence-electron chi connectivity index (χ0n) is 37.1. The van der Waals surface area contributed by atoms with Crippen molar-refractivity contribution < 1.29 is 0 Å². The highest BCUT2D eigenvalue weighted by Crippen LogP contribution is 2.52. The summed E-state index contributed by atoms with van der Waals surface area (Å²) in [5, 5.41) is 5.02. The number of hydrogen-bond donors (Lipinski definition) is 0. The molecule has 1 aliphatic rings. The molecule has 1 aliphatic carbocycles. The van der Waals surface area contributed by atoms with Crippen molar-refractivity contribution in [3.63, 3.8) is 0 Å². The summed E-state index contributed by atoms with van der Waals surface area (Å²) >= 11 is 0. The average molecular weight is 842 g/mol. The fourth-order valence-electron chi connectivity index (χ4n) is 10.5. The summed E-state index contributed by atoms with van der Waals surface area (Å²) in [6.45, 7) is 4.74. The Hall–Kier alpha value is -8.26. The SMILES string of the molecule is CC1(C)c2ccccc2-c2ccc(-c3cccc(N(c4cccc(-c5ccccc5)c4)c4cccc(-c5ccc6ccc7ccccc7c6c5)c4)c3-c3ccc(-c4ccccc4)cc3)cc21. The van der Waals surface area contributed by atoms with Gasteiger partial charge < -0.3 is 4.90 Å². The molecule has 0 saturated carbocycles. The first kappa shape index (κ1) is 39.3. The van der Waals surface area contributed by atoms with Crippen LogP contribution in [-0.2, 0) is 5.41 Å². The summed E-state index contributed by atoms with van der Waals surface area (Å²) in [7, 11) is 0. The molecule has 12 rings (SSSR count). The number of fused-ring (bicyclic) bond motifs is 6. The van der Waals surface area contributed by atoms with Crippen molar-refractivity contribution in [3.8, 4) is 66.8 Å². The maximum atomic E-state index is 2.48. The van der Waals surface area contributed by atoms with E-state index in [4.69, 9.17) is 0 Å². The predicted molar refractivity (Wildman–Crippen MR) is 281 cm³/mol. The molecule has 1 heteroatoms. The smallest absolute Gasteiger partial charge is 0.0546 e. The molecule has 11 aromatic carbocycles. The molecule has 0 atom stereocenters. The van der Waals surface area contributed by atoms with Crippen molar-refractivity contribution in [3.05, 3.63) is 260 Å². The molecule has 0 unspecified atom stereocenters. The van der Waals surface area contributed by atoms with Crippen molar-refractivity contribution in [2.75, 3.05) is 4.90 Å². The quantitative estimate of drug-likeness (QED) is 0.138. The van der Waals surface area contributed by atoms with E-state index < -0.39 is 0 Å². The van der Waals surface area contributed by atoms with Gasteiger partial charge in [0.2, 0.25) is 0 Å². The second-order valence-corrected chi connectivity index (χ2v) is 18.1. The van der Waals surface area contributed by atoms with Crippen LogP contribution in [0.5, 0.6) is 0 Å². The topological polar surface area (TPSA) is 3.24 Å². The molecule has 0 aromatic heterocycles. The molecule has 312 valence electrons. The number of hydrogen-bond acceptors (Lipinski definition) is 1. The highest BCUT2D eigenvalue weighted by molar-refractivity contribution is 6.09. The molecule has 0 heterocycles. The predicted octanol–water partition coefficient (Wildman–Crippen LogP) is 18.1. The summed E-state index contributed by atoms with van der Waals surface area (Å²) in [4.78, 5) is 2.48. The Bertz CT molecular complexity index is 3600. The normalized spacial score (nSPS) is 12.5. The van der Waals surface area contributed by atoms with Crippen LogP contribution in [0, 0.1) is 0 Å². The summed E-state index contributed by atoms with van der Waals surface area (Å²) < 4.78 is 0. The van der Waals surface area contributed by atoms with E-state index >= 15 is 0 Å². The molecular weight excluding hydrogens is 795 g/mol. The van der Waals surface area contributed by atoms with Gasteiger partial charge in [0, 0.05) is 22.4 Å². The van der Waals surface area contributed by atoms with Crippen LogP contribution in [0.1, 0.15) is 25.0 Å². The highest BCUT2D eigenvalue weighted by Gasteiger charge is 2.35. The lowest BCUT2D eigenvalue weighted by molar-refractivity contribution is 0.660. The van der Waals surface area contributed by atoms with Crippen molar-refractivity contribution in [2.45, 2.75) is 19.3 Å². The molecule has 0 amide bonds. The summed E-state index contributed by atoms with van der Waals surface area (Å²) in [5.41, 5.74) is 20.4. The van der Waals surface area contributed by atoms with Crippen LogP contribution in [0.15, 0.2) is 249 Å². The third-order valence-corrected chi connectivity index (χ3v) is 13.9. The van der Waals surface area contributed by atoms with Crippen LogP contribution in [0.2, 0.25) is 0 Å². The van der Waals surface area contributed by atoms with Gasteiger partial charge >= 0.3 is 0 Å². The van der Waals surface area contributed by atoms with Crippen LogP contribution >= 0.6 is 0 Å². The maximum absolute atomic E-state index is 2.48. The standard InChI is InChI=1S/C65H47N/c1-65(2)61-28-12-11-26-58(61)59-39-38-53(43-62(59)65)57-27-15-29-63(64(57)49-35-30-46(31-36-49)44-16-5-3-6-17-44)66(54-23-13-21-50(40-54)45-18-7-4-8-19-45)55-24-14-22-51(41-55)52-37-34-48-33-32-47-20-9-10-25-56(47)60(48)42-52/h3-43H,1-2H3. The van der Waals surface area contributed by atoms with Gasteiger partial charge in [0.15, 0.2) is 0 Å². The first-order chi connectivity index (χ1) is 32.5. The second kappa shape index (κ2) is 16.1. The summed E-state index contributed by atoms with van der Waals surface area (Å²) in [5.74, 6) is 0. The lowest BCUT2D eigenvalue weighted by Crippen LogP contribution is -2.15. The van der Waals surface area contributed by atoms with Gasteiger partial charge in [0.05, 0.1) is 5.69 Å². The van der Waals surface area contributed by atoms with E-state index in [1.165, 1.54) is 88.3 Å². The third kappa shape index (κ3) is 6.80. The number of benzene rings is 11. The lowest BCUT2D eigenvalue weighted by Gasteiger charge is -2.30. The van der Waals surface area contributed by atoms with E-state index in [9.17, 15) is 0 Å². The Morgan fingerprint density at radius 3 is 1.52 bits per heavy atom. The van der Waals surface area contributed by atoms with Crippen molar-refractivity contribution in [2.24, 2.45) is 0 Å². The molecule has 0 radical (unpaired) electrons. The van der Waals surface area contributed by atoms with Gasteiger partial charge in [-0.25, -0.2) is 0 Å². The zero-order valence-corrected chi connectivity index (χ0v) is 37.1. The van der Waals surface area contributed by atoms with E-state index in [1.807, 2.05) is 0 Å². The maximum Gasteiger partial charge on any atom is 0.0546 e. The Labute approximate surface area is 387 Å². The second-order valence-electron chi connectivity index (χ2n) is 18.1. The van der Waals surface area contributed by atoms with E-state index in [1.54, 1.807) is 0 Å².